The highest BCUT2D eigenvalue weighted by Gasteiger charge is 2.05. The maximum absolute atomic E-state index is 11.8. The van der Waals surface area contributed by atoms with Gasteiger partial charge < -0.3 is 0 Å². The number of halogens is 1. The van der Waals surface area contributed by atoms with Gasteiger partial charge in [0.05, 0.1) is 0 Å². The van der Waals surface area contributed by atoms with E-state index in [0.717, 1.165) is 22.9 Å². The summed E-state index contributed by atoms with van der Waals surface area (Å²) in [5, 5.41) is 0. The van der Waals surface area contributed by atoms with Gasteiger partial charge in [0.25, 0.3) is 0 Å². The summed E-state index contributed by atoms with van der Waals surface area (Å²) >= 11 is 3.47. The molecule has 0 aliphatic rings. The number of ketones is 1. The molecule has 0 aliphatic heterocycles. The summed E-state index contributed by atoms with van der Waals surface area (Å²) in [6.07, 6.45) is 7.33. The van der Waals surface area contributed by atoms with Crippen LogP contribution in [0.4, 0.5) is 0 Å². The third kappa shape index (κ3) is 6.02. The van der Waals surface area contributed by atoms with Crippen molar-refractivity contribution in [3.63, 3.8) is 0 Å². The fraction of sp³-hybridized carbons (Fsp3) is 0.533. The number of benzene rings is 1. The lowest BCUT2D eigenvalue weighted by atomic mass is 10.0. The van der Waals surface area contributed by atoms with Gasteiger partial charge in [0.2, 0.25) is 0 Å². The minimum Gasteiger partial charge on any atom is -0.299 e. The van der Waals surface area contributed by atoms with E-state index in [9.17, 15) is 4.79 Å². The van der Waals surface area contributed by atoms with Crippen LogP contribution in [0.1, 0.15) is 51.0 Å². The van der Waals surface area contributed by atoms with Crippen molar-refractivity contribution in [1.29, 1.82) is 0 Å². The molecule has 2 heteroatoms. The van der Waals surface area contributed by atoms with E-state index >= 15 is 0 Å². The first-order valence-electron chi connectivity index (χ1n) is 6.49. The lowest BCUT2D eigenvalue weighted by Gasteiger charge is -2.03. The predicted octanol–water partition coefficient (Wildman–Crippen LogP) is 4.92. The summed E-state index contributed by atoms with van der Waals surface area (Å²) in [6, 6.07) is 7.96. The molecule has 0 radical (unpaired) electrons. The van der Waals surface area contributed by atoms with Gasteiger partial charge in [-0.05, 0) is 18.1 Å². The van der Waals surface area contributed by atoms with E-state index in [1.165, 1.54) is 25.7 Å². The summed E-state index contributed by atoms with van der Waals surface area (Å²) in [5.41, 5.74) is 1.10. The number of hydrogen-bond donors (Lipinski definition) is 0. The summed E-state index contributed by atoms with van der Waals surface area (Å²) in [7, 11) is 0. The Morgan fingerprint density at radius 1 is 1.12 bits per heavy atom. The lowest BCUT2D eigenvalue weighted by Crippen LogP contribution is -2.03. The molecular formula is C15H21BrO. The van der Waals surface area contributed by atoms with E-state index < -0.39 is 0 Å². The smallest absolute Gasteiger partial charge is 0.137 e. The fourth-order valence-electron chi connectivity index (χ4n) is 1.87. The third-order valence-corrected chi connectivity index (χ3v) is 3.68. The predicted molar refractivity (Wildman–Crippen MR) is 76.2 cm³/mol. The Bertz CT molecular complexity index is 347. The van der Waals surface area contributed by atoms with Crippen LogP contribution in [-0.2, 0) is 11.2 Å². The second-order valence-corrected chi connectivity index (χ2v) is 5.33. The van der Waals surface area contributed by atoms with Crippen LogP contribution >= 0.6 is 15.9 Å². The summed E-state index contributed by atoms with van der Waals surface area (Å²) in [6.45, 7) is 2.21. The number of Topliss-reactive ketones (excluding diaryl/α,β-unsaturated/α-hetero) is 1. The van der Waals surface area contributed by atoms with Crippen molar-refractivity contribution in [3.8, 4) is 0 Å². The van der Waals surface area contributed by atoms with Crippen molar-refractivity contribution < 1.29 is 4.79 Å². The Hall–Kier alpha value is -0.630. The molecule has 0 fully saturated rings. The highest BCUT2D eigenvalue weighted by Crippen LogP contribution is 2.17. The zero-order valence-electron chi connectivity index (χ0n) is 10.5. The maximum atomic E-state index is 11.8. The van der Waals surface area contributed by atoms with E-state index in [4.69, 9.17) is 0 Å². The van der Waals surface area contributed by atoms with Gasteiger partial charge in [0.1, 0.15) is 5.78 Å². The molecule has 0 aromatic heterocycles. The molecule has 1 nitrogen and oxygen atoms in total. The fourth-order valence-corrected chi connectivity index (χ4v) is 2.29. The number of hydrogen-bond acceptors (Lipinski definition) is 1. The van der Waals surface area contributed by atoms with E-state index in [1.807, 2.05) is 24.3 Å². The quantitative estimate of drug-likeness (QED) is 0.622. The van der Waals surface area contributed by atoms with E-state index in [2.05, 4.69) is 22.9 Å². The van der Waals surface area contributed by atoms with Gasteiger partial charge in [0, 0.05) is 17.3 Å². The highest BCUT2D eigenvalue weighted by atomic mass is 79.9. The Kier molecular flexibility index (Phi) is 7.18. The minimum atomic E-state index is 0.355. The van der Waals surface area contributed by atoms with Crippen LogP contribution in [0, 0.1) is 0 Å². The molecule has 0 amide bonds. The van der Waals surface area contributed by atoms with Crippen LogP contribution < -0.4 is 0 Å². The molecule has 0 spiro atoms. The Balaban J connectivity index is 2.23. The van der Waals surface area contributed by atoms with Crippen LogP contribution in [-0.4, -0.2) is 5.78 Å². The average Bonchev–Trinajstić information content (AvgIpc) is 2.32. The van der Waals surface area contributed by atoms with Crippen LogP contribution in [0.5, 0.6) is 0 Å². The highest BCUT2D eigenvalue weighted by molar-refractivity contribution is 9.10. The molecule has 1 rings (SSSR count). The summed E-state index contributed by atoms with van der Waals surface area (Å²) in [5.74, 6) is 0.355. The lowest BCUT2D eigenvalue weighted by molar-refractivity contribution is -0.118. The van der Waals surface area contributed by atoms with Gasteiger partial charge >= 0.3 is 0 Å². The van der Waals surface area contributed by atoms with Gasteiger partial charge in [-0.1, -0.05) is 66.7 Å². The molecule has 0 saturated heterocycles. The van der Waals surface area contributed by atoms with Crippen molar-refractivity contribution in [2.45, 2.75) is 51.9 Å². The average molecular weight is 297 g/mol. The number of carbonyl (C=O) groups excluding carboxylic acids is 1. The monoisotopic (exact) mass is 296 g/mol. The SMILES string of the molecule is CCCCCCCC(=O)Cc1ccccc1Br. The molecule has 1 aromatic carbocycles. The number of carbonyl (C=O) groups is 1. The Labute approximate surface area is 113 Å². The molecule has 1 aromatic rings. The van der Waals surface area contributed by atoms with E-state index in [-0.39, 0.29) is 0 Å². The van der Waals surface area contributed by atoms with Crippen LogP contribution in [0.2, 0.25) is 0 Å². The zero-order valence-corrected chi connectivity index (χ0v) is 12.1. The maximum Gasteiger partial charge on any atom is 0.137 e. The van der Waals surface area contributed by atoms with Crippen LogP contribution in [0.25, 0.3) is 0 Å². The van der Waals surface area contributed by atoms with E-state index in [1.54, 1.807) is 0 Å². The van der Waals surface area contributed by atoms with Crippen LogP contribution in [0.3, 0.4) is 0 Å². The number of rotatable bonds is 8. The normalized spacial score (nSPS) is 10.5. The standard InChI is InChI=1S/C15H21BrO/c1-2-3-4-5-6-10-14(17)12-13-9-7-8-11-15(13)16/h7-9,11H,2-6,10,12H2,1H3. The van der Waals surface area contributed by atoms with Gasteiger partial charge in [-0.2, -0.15) is 0 Å². The molecule has 0 unspecified atom stereocenters. The van der Waals surface area contributed by atoms with Gasteiger partial charge in [-0.15, -0.1) is 0 Å². The van der Waals surface area contributed by atoms with Gasteiger partial charge in [-0.25, -0.2) is 0 Å². The van der Waals surface area contributed by atoms with Crippen molar-refractivity contribution in [1.82, 2.24) is 0 Å². The largest absolute Gasteiger partial charge is 0.299 e. The van der Waals surface area contributed by atoms with Gasteiger partial charge in [-0.3, -0.25) is 4.79 Å². The third-order valence-electron chi connectivity index (χ3n) is 2.90. The molecule has 94 valence electrons. The second-order valence-electron chi connectivity index (χ2n) is 4.47. The molecule has 0 atom stereocenters. The van der Waals surface area contributed by atoms with E-state index in [0.29, 0.717) is 12.2 Å². The second kappa shape index (κ2) is 8.46. The molecule has 0 heterocycles. The summed E-state index contributed by atoms with van der Waals surface area (Å²) in [4.78, 5) is 11.8. The summed E-state index contributed by atoms with van der Waals surface area (Å²) < 4.78 is 1.04. The van der Waals surface area contributed by atoms with Crippen molar-refractivity contribution in [3.05, 3.63) is 34.3 Å². The first-order chi connectivity index (χ1) is 8.24. The first kappa shape index (κ1) is 14.4. The van der Waals surface area contributed by atoms with Gasteiger partial charge in [0.15, 0.2) is 0 Å². The van der Waals surface area contributed by atoms with Crippen molar-refractivity contribution >= 4 is 21.7 Å². The Morgan fingerprint density at radius 2 is 1.82 bits per heavy atom. The Morgan fingerprint density at radius 3 is 2.53 bits per heavy atom. The topological polar surface area (TPSA) is 17.1 Å². The molecule has 0 N–H and O–H groups in total. The van der Waals surface area contributed by atoms with Crippen molar-refractivity contribution in [2.75, 3.05) is 0 Å². The molecular weight excluding hydrogens is 276 g/mol. The van der Waals surface area contributed by atoms with Crippen LogP contribution in [0.15, 0.2) is 28.7 Å². The first-order valence-corrected chi connectivity index (χ1v) is 7.28. The number of unbranched alkanes of at least 4 members (excludes halogenated alkanes) is 4. The van der Waals surface area contributed by atoms with Crippen molar-refractivity contribution in [2.24, 2.45) is 0 Å². The zero-order chi connectivity index (χ0) is 12.5. The molecule has 0 bridgehead atoms. The molecule has 0 aliphatic carbocycles. The molecule has 0 saturated carbocycles. The minimum absolute atomic E-state index is 0.355. The molecule has 17 heavy (non-hydrogen) atoms.